The van der Waals surface area contributed by atoms with Crippen LogP contribution in [-0.4, -0.2) is 29.8 Å². The molecule has 5 N–H and O–H groups in total. The van der Waals surface area contributed by atoms with Gasteiger partial charge in [-0.15, -0.1) is 0 Å². The minimum Gasteiger partial charge on any atom is -0.444 e. The first-order valence-electron chi connectivity index (χ1n) is 8.64. The van der Waals surface area contributed by atoms with Gasteiger partial charge in [-0.25, -0.2) is 9.59 Å². The summed E-state index contributed by atoms with van der Waals surface area (Å²) in [6, 6.07) is 7.37. The van der Waals surface area contributed by atoms with Gasteiger partial charge in [0.05, 0.1) is 0 Å². The number of nitrogens with one attached hydrogen (secondary N) is 3. The zero-order chi connectivity index (χ0) is 18.4. The number of carbonyl (C=O) groups is 2. The summed E-state index contributed by atoms with van der Waals surface area (Å²) < 4.78 is 5.30. The molecule has 7 nitrogen and oxygen atoms in total. The van der Waals surface area contributed by atoms with Crippen molar-refractivity contribution in [2.45, 2.75) is 64.1 Å². The highest BCUT2D eigenvalue weighted by atomic mass is 16.6. The largest absolute Gasteiger partial charge is 0.444 e. The van der Waals surface area contributed by atoms with E-state index < -0.39 is 11.6 Å². The van der Waals surface area contributed by atoms with Crippen LogP contribution in [0.5, 0.6) is 0 Å². The molecule has 7 heteroatoms. The number of carbonyl (C=O) groups excluding carboxylic acids is 2. The van der Waals surface area contributed by atoms with Crippen molar-refractivity contribution in [1.82, 2.24) is 5.32 Å². The van der Waals surface area contributed by atoms with Crippen LogP contribution in [0.2, 0.25) is 0 Å². The molecule has 1 aliphatic carbocycles. The third-order valence-corrected chi connectivity index (χ3v) is 3.95. The van der Waals surface area contributed by atoms with Crippen LogP contribution in [0.1, 0.15) is 46.5 Å². The molecule has 0 heterocycles. The van der Waals surface area contributed by atoms with Gasteiger partial charge in [0.15, 0.2) is 0 Å². The lowest BCUT2D eigenvalue weighted by Crippen LogP contribution is -2.42. The lowest BCUT2D eigenvalue weighted by Gasteiger charge is -2.31. The summed E-state index contributed by atoms with van der Waals surface area (Å²) in [5.41, 5.74) is 6.26. The average Bonchev–Trinajstić information content (AvgIpc) is 2.47. The van der Waals surface area contributed by atoms with Gasteiger partial charge in [0.25, 0.3) is 0 Å². The Morgan fingerprint density at radius 2 is 1.68 bits per heavy atom. The maximum atomic E-state index is 11.8. The maximum absolute atomic E-state index is 11.8. The normalized spacial score (nSPS) is 20.4. The summed E-state index contributed by atoms with van der Waals surface area (Å²) >= 11 is 0. The number of primary amides is 1. The molecule has 1 aliphatic rings. The second-order valence-corrected chi connectivity index (χ2v) is 7.41. The van der Waals surface area contributed by atoms with Gasteiger partial charge in [-0.1, -0.05) is 6.07 Å². The van der Waals surface area contributed by atoms with Crippen molar-refractivity contribution in [2.24, 2.45) is 5.73 Å². The highest BCUT2D eigenvalue weighted by molar-refractivity contribution is 5.88. The SMILES string of the molecule is CC(C)(C)OC(=O)NC1CCC(Nc2cccc(NC(N)=O)c2)CC1. The van der Waals surface area contributed by atoms with E-state index in [4.69, 9.17) is 10.5 Å². The number of ether oxygens (including phenoxy) is 1. The van der Waals surface area contributed by atoms with Crippen LogP contribution >= 0.6 is 0 Å². The highest BCUT2D eigenvalue weighted by Gasteiger charge is 2.24. The Labute approximate surface area is 148 Å². The van der Waals surface area contributed by atoms with Gasteiger partial charge in [-0.3, -0.25) is 0 Å². The summed E-state index contributed by atoms with van der Waals surface area (Å²) in [6.45, 7) is 5.57. The first-order valence-corrected chi connectivity index (χ1v) is 8.64. The van der Waals surface area contributed by atoms with Crippen molar-refractivity contribution < 1.29 is 14.3 Å². The molecule has 3 amide bonds. The molecule has 1 saturated carbocycles. The smallest absolute Gasteiger partial charge is 0.407 e. The van der Waals surface area contributed by atoms with Crippen molar-refractivity contribution >= 4 is 23.5 Å². The fourth-order valence-corrected chi connectivity index (χ4v) is 2.92. The molecule has 0 aromatic heterocycles. The van der Waals surface area contributed by atoms with Crippen molar-refractivity contribution in [1.29, 1.82) is 0 Å². The molecular formula is C18H28N4O3. The number of alkyl carbamates (subject to hydrolysis) is 1. The van der Waals surface area contributed by atoms with Crippen LogP contribution in [0.15, 0.2) is 24.3 Å². The molecule has 0 radical (unpaired) electrons. The first kappa shape index (κ1) is 18.9. The number of urea groups is 1. The van der Waals surface area contributed by atoms with E-state index in [1.54, 1.807) is 6.07 Å². The molecule has 0 unspecified atom stereocenters. The summed E-state index contributed by atoms with van der Waals surface area (Å²) in [4.78, 5) is 22.8. The van der Waals surface area contributed by atoms with Crippen molar-refractivity contribution in [2.75, 3.05) is 10.6 Å². The monoisotopic (exact) mass is 348 g/mol. The van der Waals surface area contributed by atoms with Crippen LogP contribution < -0.4 is 21.7 Å². The van der Waals surface area contributed by atoms with Crippen LogP contribution in [0.4, 0.5) is 21.0 Å². The van der Waals surface area contributed by atoms with Crippen molar-refractivity contribution in [3.05, 3.63) is 24.3 Å². The zero-order valence-electron chi connectivity index (χ0n) is 15.1. The summed E-state index contributed by atoms with van der Waals surface area (Å²) in [5.74, 6) is 0. The van der Waals surface area contributed by atoms with E-state index in [1.807, 2.05) is 39.0 Å². The van der Waals surface area contributed by atoms with E-state index in [2.05, 4.69) is 16.0 Å². The number of hydrogen-bond acceptors (Lipinski definition) is 4. The van der Waals surface area contributed by atoms with Gasteiger partial charge in [0.1, 0.15) is 5.60 Å². The molecule has 0 saturated heterocycles. The number of anilines is 2. The van der Waals surface area contributed by atoms with E-state index >= 15 is 0 Å². The predicted octanol–water partition coefficient (Wildman–Crippen LogP) is 3.43. The third kappa shape index (κ3) is 6.91. The summed E-state index contributed by atoms with van der Waals surface area (Å²) in [7, 11) is 0. The Hall–Kier alpha value is -2.44. The summed E-state index contributed by atoms with van der Waals surface area (Å²) in [5, 5.41) is 8.98. The van der Waals surface area contributed by atoms with E-state index in [-0.39, 0.29) is 12.1 Å². The van der Waals surface area contributed by atoms with E-state index in [0.717, 1.165) is 31.4 Å². The molecule has 1 aromatic carbocycles. The zero-order valence-corrected chi connectivity index (χ0v) is 15.1. The Morgan fingerprint density at radius 3 is 2.28 bits per heavy atom. The van der Waals surface area contributed by atoms with E-state index in [9.17, 15) is 9.59 Å². The second-order valence-electron chi connectivity index (χ2n) is 7.41. The average molecular weight is 348 g/mol. The lowest BCUT2D eigenvalue weighted by atomic mass is 9.91. The number of amides is 3. The Balaban J connectivity index is 1.79. The maximum Gasteiger partial charge on any atom is 0.407 e. The van der Waals surface area contributed by atoms with E-state index in [1.165, 1.54) is 0 Å². The molecule has 1 fully saturated rings. The predicted molar refractivity (Wildman–Crippen MR) is 98.7 cm³/mol. The quantitative estimate of drug-likeness (QED) is 0.669. The molecular weight excluding hydrogens is 320 g/mol. The fraction of sp³-hybridized carbons (Fsp3) is 0.556. The standard InChI is InChI=1S/C18H28N4O3/c1-18(2,3)25-17(24)22-13-9-7-12(8-10-13)20-14-5-4-6-15(11-14)21-16(19)23/h4-6,11-13,20H,7-10H2,1-3H3,(H,22,24)(H3,19,21,23). The van der Waals surface area contributed by atoms with Crippen LogP contribution in [-0.2, 0) is 4.74 Å². The molecule has 138 valence electrons. The molecule has 0 aliphatic heterocycles. The third-order valence-electron chi connectivity index (χ3n) is 3.95. The molecule has 0 spiro atoms. The van der Waals surface area contributed by atoms with Gasteiger partial charge in [0.2, 0.25) is 0 Å². The number of benzene rings is 1. The molecule has 0 bridgehead atoms. The van der Waals surface area contributed by atoms with Crippen molar-refractivity contribution in [3.63, 3.8) is 0 Å². The Kier molecular flexibility index (Phi) is 6.12. The fourth-order valence-electron chi connectivity index (χ4n) is 2.92. The number of hydrogen-bond donors (Lipinski definition) is 4. The van der Waals surface area contributed by atoms with Crippen LogP contribution in [0, 0.1) is 0 Å². The van der Waals surface area contributed by atoms with Gasteiger partial charge >= 0.3 is 12.1 Å². The Morgan fingerprint density at radius 1 is 1.08 bits per heavy atom. The Bertz CT molecular complexity index is 605. The van der Waals surface area contributed by atoms with E-state index in [0.29, 0.717) is 11.7 Å². The van der Waals surface area contributed by atoms with Crippen molar-refractivity contribution in [3.8, 4) is 0 Å². The van der Waals surface area contributed by atoms with Crippen LogP contribution in [0.25, 0.3) is 0 Å². The minimum absolute atomic E-state index is 0.149. The first-order chi connectivity index (χ1) is 11.7. The lowest BCUT2D eigenvalue weighted by molar-refractivity contribution is 0.0492. The van der Waals surface area contributed by atoms with Crippen LogP contribution in [0.3, 0.4) is 0 Å². The molecule has 1 aromatic rings. The molecule has 0 atom stereocenters. The molecule has 25 heavy (non-hydrogen) atoms. The van der Waals surface area contributed by atoms with Gasteiger partial charge in [0, 0.05) is 23.5 Å². The topological polar surface area (TPSA) is 105 Å². The van der Waals surface area contributed by atoms with Gasteiger partial charge in [-0.2, -0.15) is 0 Å². The highest BCUT2D eigenvalue weighted by Crippen LogP contribution is 2.24. The second kappa shape index (κ2) is 8.09. The van der Waals surface area contributed by atoms with Gasteiger partial charge in [-0.05, 0) is 64.7 Å². The number of rotatable bonds is 4. The summed E-state index contributed by atoms with van der Waals surface area (Å²) in [6.07, 6.45) is 3.35. The minimum atomic E-state index is -0.578. The number of nitrogens with two attached hydrogens (primary N) is 1. The van der Waals surface area contributed by atoms with Gasteiger partial charge < -0.3 is 26.4 Å². The molecule has 2 rings (SSSR count).